The van der Waals surface area contributed by atoms with E-state index in [9.17, 15) is 0 Å². The predicted octanol–water partition coefficient (Wildman–Crippen LogP) is 4.97. The molecule has 2 heterocycles. The van der Waals surface area contributed by atoms with Gasteiger partial charge in [-0.05, 0) is 23.8 Å². The van der Waals surface area contributed by atoms with Gasteiger partial charge >= 0.3 is 0 Å². The number of ether oxygens (including phenoxy) is 1. The van der Waals surface area contributed by atoms with Crippen molar-refractivity contribution in [2.45, 2.75) is 32.5 Å². The summed E-state index contributed by atoms with van der Waals surface area (Å²) in [5, 5.41) is 7.08. The van der Waals surface area contributed by atoms with Gasteiger partial charge in [-0.25, -0.2) is 5.01 Å². The minimum Gasteiger partial charge on any atom is -0.468 e. The molecule has 0 aliphatic carbocycles. The minimum absolute atomic E-state index is 0.0186. The minimum atomic E-state index is -0.0186. The number of rotatable bonds is 2. The van der Waals surface area contributed by atoms with Crippen LogP contribution in [0.1, 0.15) is 37.4 Å². The molecule has 0 fully saturated rings. The van der Waals surface area contributed by atoms with E-state index in [2.05, 4.69) is 71.2 Å². The zero-order valence-corrected chi connectivity index (χ0v) is 14.8. The largest absolute Gasteiger partial charge is 0.468 e. The monoisotopic (exact) mass is 370 g/mol. The summed E-state index contributed by atoms with van der Waals surface area (Å²) in [5.41, 5.74) is 3.55. The van der Waals surface area contributed by atoms with Crippen LogP contribution in [0, 0.1) is 5.92 Å². The molecule has 0 N–H and O–H groups in total. The molecule has 3 nitrogen and oxygen atoms in total. The number of halogens is 1. The zero-order valence-electron chi connectivity index (χ0n) is 13.2. The first-order valence-corrected chi connectivity index (χ1v) is 8.80. The van der Waals surface area contributed by atoms with Crippen LogP contribution < -0.4 is 4.74 Å². The summed E-state index contributed by atoms with van der Waals surface area (Å²) in [7, 11) is 0. The standard InChI is InChI=1S/C19H19BrN2O/c1-12(2)19-22-17(15-10-14(20)8-9-18(15)23-19)11-16(21-22)13-6-4-3-5-7-13/h3-10,12,17,19H,11H2,1-2H3/t17-,19-/m0/s1. The summed E-state index contributed by atoms with van der Waals surface area (Å²) in [6, 6.07) is 16.9. The Hall–Kier alpha value is -1.81. The Labute approximate surface area is 145 Å². The molecule has 0 amide bonds. The van der Waals surface area contributed by atoms with Gasteiger partial charge in [-0.2, -0.15) is 5.10 Å². The number of hydrogen-bond donors (Lipinski definition) is 0. The maximum absolute atomic E-state index is 6.24. The second-order valence-electron chi connectivity index (χ2n) is 6.45. The van der Waals surface area contributed by atoms with Crippen molar-refractivity contribution in [2.24, 2.45) is 11.0 Å². The Morgan fingerprint density at radius 1 is 1.17 bits per heavy atom. The second kappa shape index (κ2) is 5.68. The predicted molar refractivity (Wildman–Crippen MR) is 95.6 cm³/mol. The lowest BCUT2D eigenvalue weighted by molar-refractivity contribution is -0.0461. The van der Waals surface area contributed by atoms with Crippen LogP contribution in [0.3, 0.4) is 0 Å². The normalized spacial score (nSPS) is 22.4. The highest BCUT2D eigenvalue weighted by Gasteiger charge is 2.41. The summed E-state index contributed by atoms with van der Waals surface area (Å²) < 4.78 is 7.32. The van der Waals surface area contributed by atoms with Crippen molar-refractivity contribution in [2.75, 3.05) is 0 Å². The Morgan fingerprint density at radius 3 is 2.70 bits per heavy atom. The summed E-state index contributed by atoms with van der Waals surface area (Å²) in [6.07, 6.45) is 0.898. The fourth-order valence-corrected chi connectivity index (χ4v) is 3.71. The molecule has 0 radical (unpaired) electrons. The maximum atomic E-state index is 6.24. The maximum Gasteiger partial charge on any atom is 0.190 e. The van der Waals surface area contributed by atoms with E-state index < -0.39 is 0 Å². The highest BCUT2D eigenvalue weighted by Crippen LogP contribution is 2.45. The first-order valence-electron chi connectivity index (χ1n) is 8.01. The van der Waals surface area contributed by atoms with Gasteiger partial charge < -0.3 is 4.74 Å². The lowest BCUT2D eigenvalue weighted by Gasteiger charge is -2.40. The van der Waals surface area contributed by atoms with Gasteiger partial charge in [0.2, 0.25) is 0 Å². The highest BCUT2D eigenvalue weighted by molar-refractivity contribution is 9.10. The number of nitrogens with zero attached hydrogens (tertiary/aromatic N) is 2. The molecule has 23 heavy (non-hydrogen) atoms. The SMILES string of the molecule is CC(C)[C@@H]1Oc2ccc(Br)cc2[C@@H]2CC(c3ccccc3)=NN21. The van der Waals surface area contributed by atoms with E-state index >= 15 is 0 Å². The van der Waals surface area contributed by atoms with Gasteiger partial charge in [-0.15, -0.1) is 0 Å². The van der Waals surface area contributed by atoms with Gasteiger partial charge in [-0.3, -0.25) is 0 Å². The lowest BCUT2D eigenvalue weighted by atomic mass is 9.95. The summed E-state index contributed by atoms with van der Waals surface area (Å²) in [5.74, 6) is 1.35. The Morgan fingerprint density at radius 2 is 1.96 bits per heavy atom. The van der Waals surface area contributed by atoms with Crippen LogP contribution in [-0.4, -0.2) is 16.9 Å². The summed E-state index contributed by atoms with van der Waals surface area (Å²) >= 11 is 3.58. The van der Waals surface area contributed by atoms with Crippen LogP contribution in [0.15, 0.2) is 58.1 Å². The van der Waals surface area contributed by atoms with Crippen molar-refractivity contribution in [3.63, 3.8) is 0 Å². The number of benzene rings is 2. The zero-order chi connectivity index (χ0) is 16.0. The Kier molecular flexibility index (Phi) is 3.64. The van der Waals surface area contributed by atoms with Crippen molar-refractivity contribution in [3.8, 4) is 5.75 Å². The van der Waals surface area contributed by atoms with E-state index in [1.165, 1.54) is 11.1 Å². The Bertz CT molecular complexity index is 757. The molecule has 2 aliphatic rings. The van der Waals surface area contributed by atoms with Gasteiger partial charge in [0.15, 0.2) is 6.23 Å². The van der Waals surface area contributed by atoms with E-state index in [1.807, 2.05) is 12.1 Å². The summed E-state index contributed by atoms with van der Waals surface area (Å²) in [4.78, 5) is 0. The number of hydrogen-bond acceptors (Lipinski definition) is 3. The average molecular weight is 371 g/mol. The van der Waals surface area contributed by atoms with Gasteiger partial charge in [0.25, 0.3) is 0 Å². The third-order valence-corrected chi connectivity index (χ3v) is 4.95. The second-order valence-corrected chi connectivity index (χ2v) is 7.36. The molecule has 0 aromatic heterocycles. The van der Waals surface area contributed by atoms with Gasteiger partial charge in [0.1, 0.15) is 5.75 Å². The smallest absolute Gasteiger partial charge is 0.190 e. The molecule has 4 heteroatoms. The van der Waals surface area contributed by atoms with Crippen molar-refractivity contribution < 1.29 is 4.74 Å². The third-order valence-electron chi connectivity index (χ3n) is 4.46. The topological polar surface area (TPSA) is 24.8 Å². The van der Waals surface area contributed by atoms with Crippen molar-refractivity contribution in [3.05, 3.63) is 64.1 Å². The van der Waals surface area contributed by atoms with Gasteiger partial charge in [0, 0.05) is 22.4 Å². The van der Waals surface area contributed by atoms with E-state index in [0.29, 0.717) is 5.92 Å². The molecule has 0 spiro atoms. The van der Waals surface area contributed by atoms with Crippen LogP contribution in [-0.2, 0) is 0 Å². The molecule has 0 bridgehead atoms. The van der Waals surface area contributed by atoms with Crippen LogP contribution in [0.25, 0.3) is 0 Å². The third kappa shape index (κ3) is 2.55. The fourth-order valence-electron chi connectivity index (χ4n) is 3.33. The molecule has 2 aliphatic heterocycles. The molecule has 2 aromatic rings. The summed E-state index contributed by atoms with van der Waals surface area (Å²) in [6.45, 7) is 4.36. The molecule has 118 valence electrons. The molecule has 2 aromatic carbocycles. The first-order chi connectivity index (χ1) is 11.1. The molecular weight excluding hydrogens is 352 g/mol. The van der Waals surface area contributed by atoms with Crippen LogP contribution in [0.5, 0.6) is 5.75 Å². The Balaban J connectivity index is 1.77. The molecule has 4 rings (SSSR count). The number of hydrazone groups is 1. The molecule has 0 unspecified atom stereocenters. The fraction of sp³-hybridized carbons (Fsp3) is 0.316. The van der Waals surface area contributed by atoms with E-state index in [0.717, 1.165) is 22.4 Å². The van der Waals surface area contributed by atoms with Crippen LogP contribution >= 0.6 is 15.9 Å². The van der Waals surface area contributed by atoms with Crippen LogP contribution in [0.4, 0.5) is 0 Å². The first kappa shape index (κ1) is 14.8. The van der Waals surface area contributed by atoms with Gasteiger partial charge in [-0.1, -0.05) is 60.1 Å². The van der Waals surface area contributed by atoms with Crippen molar-refractivity contribution >= 4 is 21.6 Å². The number of fused-ring (bicyclic) bond motifs is 3. The average Bonchev–Trinajstić information content (AvgIpc) is 3.00. The van der Waals surface area contributed by atoms with E-state index in [1.54, 1.807) is 0 Å². The van der Waals surface area contributed by atoms with E-state index in [4.69, 9.17) is 9.84 Å². The van der Waals surface area contributed by atoms with Crippen molar-refractivity contribution in [1.29, 1.82) is 0 Å². The van der Waals surface area contributed by atoms with Crippen LogP contribution in [0.2, 0.25) is 0 Å². The molecule has 0 saturated heterocycles. The lowest BCUT2D eigenvalue weighted by Crippen LogP contribution is -2.43. The molecular formula is C19H19BrN2O. The van der Waals surface area contributed by atoms with Crippen molar-refractivity contribution in [1.82, 2.24) is 5.01 Å². The molecule has 2 atom stereocenters. The van der Waals surface area contributed by atoms with Gasteiger partial charge in [0.05, 0.1) is 11.8 Å². The molecule has 0 saturated carbocycles. The quantitative estimate of drug-likeness (QED) is 0.744. The van der Waals surface area contributed by atoms with E-state index in [-0.39, 0.29) is 12.3 Å². The highest BCUT2D eigenvalue weighted by atomic mass is 79.9.